The highest BCUT2D eigenvalue weighted by atomic mass is 32.2. The molecule has 7 atom stereocenters. The predicted octanol–water partition coefficient (Wildman–Crippen LogP) is 5.29. The van der Waals surface area contributed by atoms with Crippen LogP contribution in [0.5, 0.6) is 40.2 Å². The number of phenols is 2. The third-order valence-corrected chi connectivity index (χ3v) is 14.2. The summed E-state index contributed by atoms with van der Waals surface area (Å²) in [4.78, 5) is 46.4. The number of fused-ring (bicyclic) bond motifs is 9. The maximum Gasteiger partial charge on any atom is 0.411 e. The van der Waals surface area contributed by atoms with E-state index in [1.165, 1.54) is 32.9 Å². The highest BCUT2D eigenvalue weighted by Gasteiger charge is 2.64. The lowest BCUT2D eigenvalue weighted by molar-refractivity contribution is -0.157. The molecule has 3 aromatic rings. The number of ether oxygens (including phenoxy) is 7. The zero-order chi connectivity index (χ0) is 43.4. The van der Waals surface area contributed by atoms with Gasteiger partial charge < -0.3 is 43.4 Å². The zero-order valence-electron chi connectivity index (χ0n) is 35.2. The van der Waals surface area contributed by atoms with Gasteiger partial charge in [0.1, 0.15) is 24.0 Å². The van der Waals surface area contributed by atoms with E-state index in [4.69, 9.17) is 33.2 Å². The Hall–Kier alpha value is -5.57. The summed E-state index contributed by atoms with van der Waals surface area (Å²) >= 11 is 1.35. The van der Waals surface area contributed by atoms with E-state index in [-0.39, 0.29) is 54.3 Å². The van der Waals surface area contributed by atoms with Crippen molar-refractivity contribution < 1.29 is 57.8 Å². The van der Waals surface area contributed by atoms with Crippen LogP contribution in [0.3, 0.4) is 0 Å². The molecule has 7 aliphatic heterocycles. The number of carbonyl (C=O) groups is 3. The van der Waals surface area contributed by atoms with E-state index in [1.807, 2.05) is 17.9 Å². The number of aromatic hydroxyl groups is 2. The van der Waals surface area contributed by atoms with Crippen molar-refractivity contribution >= 4 is 29.8 Å². The van der Waals surface area contributed by atoms with Gasteiger partial charge in [0, 0.05) is 41.5 Å². The minimum Gasteiger partial charge on any atom is -0.504 e. The van der Waals surface area contributed by atoms with Crippen molar-refractivity contribution in [1.29, 1.82) is 5.26 Å². The molecule has 1 unspecified atom stereocenters. The van der Waals surface area contributed by atoms with E-state index in [9.17, 15) is 29.9 Å². The Morgan fingerprint density at radius 1 is 1.02 bits per heavy atom. The quantitative estimate of drug-likeness (QED) is 0.227. The van der Waals surface area contributed by atoms with Gasteiger partial charge in [-0.25, -0.2) is 9.59 Å². The highest BCUT2D eigenvalue weighted by molar-refractivity contribution is 7.99. The fourth-order valence-corrected chi connectivity index (χ4v) is 12.2. The van der Waals surface area contributed by atoms with E-state index in [0.717, 1.165) is 11.1 Å². The van der Waals surface area contributed by atoms with Crippen LogP contribution >= 0.6 is 11.8 Å². The average Bonchev–Trinajstić information content (AvgIpc) is 3.69. The van der Waals surface area contributed by atoms with Gasteiger partial charge in [-0.15, -0.1) is 11.8 Å². The van der Waals surface area contributed by atoms with Gasteiger partial charge in [0.2, 0.25) is 6.79 Å². The lowest BCUT2D eigenvalue weighted by atomic mass is 9.71. The Balaban J connectivity index is 1.36. The second-order valence-electron chi connectivity index (χ2n) is 17.3. The van der Waals surface area contributed by atoms with E-state index in [1.54, 1.807) is 44.7 Å². The third kappa shape index (κ3) is 6.04. The summed E-state index contributed by atoms with van der Waals surface area (Å²) in [6.45, 7) is 10.2. The van der Waals surface area contributed by atoms with Gasteiger partial charge in [0.15, 0.2) is 40.0 Å². The Kier molecular flexibility index (Phi) is 9.72. The van der Waals surface area contributed by atoms with Crippen molar-refractivity contribution in [3.8, 4) is 46.3 Å². The van der Waals surface area contributed by atoms with Crippen LogP contribution in [0, 0.1) is 25.2 Å². The summed E-state index contributed by atoms with van der Waals surface area (Å²) in [7, 11) is 2.90. The first-order valence-corrected chi connectivity index (χ1v) is 21.3. The van der Waals surface area contributed by atoms with Crippen molar-refractivity contribution in [2.45, 2.75) is 101 Å². The lowest BCUT2D eigenvalue weighted by Crippen LogP contribution is -2.71. The third-order valence-electron chi connectivity index (χ3n) is 12.7. The molecule has 1 spiro atoms. The summed E-state index contributed by atoms with van der Waals surface area (Å²) in [6, 6.07) is 3.14. The number of carbonyl (C=O) groups excluding carboxylic acids is 3. The fraction of sp³-hybridized carbons (Fsp3) is 0.500. The summed E-state index contributed by atoms with van der Waals surface area (Å²) in [5, 5.41) is 37.2. The number of hydrogen-bond donors (Lipinski definition) is 3. The van der Waals surface area contributed by atoms with Crippen molar-refractivity contribution in [2.24, 2.45) is 0 Å². The van der Waals surface area contributed by atoms with Crippen LogP contribution in [-0.4, -0.2) is 102 Å². The Labute approximate surface area is 356 Å². The maximum atomic E-state index is 14.9. The van der Waals surface area contributed by atoms with E-state index in [0.29, 0.717) is 57.8 Å². The summed E-state index contributed by atoms with van der Waals surface area (Å²) in [5.74, 6) is 0.0120. The van der Waals surface area contributed by atoms with Crippen molar-refractivity contribution in [3.63, 3.8) is 0 Å². The molecular weight excluding hydrogens is 809 g/mol. The van der Waals surface area contributed by atoms with Crippen molar-refractivity contribution in [1.82, 2.24) is 15.1 Å². The van der Waals surface area contributed by atoms with Crippen LogP contribution in [0.2, 0.25) is 0 Å². The van der Waals surface area contributed by atoms with Crippen LogP contribution in [0.25, 0.3) is 0 Å². The molecule has 0 saturated carbocycles. The van der Waals surface area contributed by atoms with Gasteiger partial charge in [0.05, 0.1) is 49.7 Å². The molecule has 3 aromatic carbocycles. The molecule has 2 fully saturated rings. The number of nitriles is 1. The molecule has 0 aliphatic carbocycles. The first kappa shape index (κ1) is 40.8. The highest BCUT2D eigenvalue weighted by Crippen LogP contribution is 2.65. The van der Waals surface area contributed by atoms with Crippen LogP contribution in [-0.2, 0) is 37.4 Å². The fourth-order valence-electron chi connectivity index (χ4n) is 10.5. The Bertz CT molecular complexity index is 2450. The number of rotatable bonds is 3. The SMILES string of the molecule is COc1cc2c(cc1O)CCN[C@]21CS[C@@H]2c3c(OC(C)=O)c(C)c4c(c3[C@@H](COC1=O)N1C2[C@H]2c3c(cc(C)c(OC)c3O)C[C@H]([C@@H]1C#N)N2C(=O)OC(C)(C)C)OCO4. The Morgan fingerprint density at radius 3 is 2.46 bits per heavy atom. The number of methoxy groups -OCH3 is 2. The topological polar surface area (TPSA) is 199 Å². The molecule has 322 valence electrons. The normalized spacial score (nSPS) is 27.1. The smallest absolute Gasteiger partial charge is 0.411 e. The molecule has 3 N–H and O–H groups in total. The zero-order valence-corrected chi connectivity index (χ0v) is 36.0. The second-order valence-corrected chi connectivity index (χ2v) is 18.4. The number of esters is 2. The molecule has 61 heavy (non-hydrogen) atoms. The molecule has 17 heteroatoms. The molecule has 0 radical (unpaired) electrons. The molecule has 1 amide bonds. The number of nitrogens with zero attached hydrogens (tertiary/aromatic N) is 3. The minimum atomic E-state index is -1.47. The summed E-state index contributed by atoms with van der Waals surface area (Å²) in [5.41, 5.74) is 2.33. The number of piperazine rings is 1. The van der Waals surface area contributed by atoms with E-state index in [2.05, 4.69) is 11.4 Å². The molecule has 7 heterocycles. The van der Waals surface area contributed by atoms with Gasteiger partial charge in [-0.1, -0.05) is 6.07 Å². The van der Waals surface area contributed by atoms with E-state index >= 15 is 0 Å². The lowest BCUT2D eigenvalue weighted by Gasteiger charge is -2.62. The number of amides is 1. The number of hydrogen-bond acceptors (Lipinski definition) is 16. The Morgan fingerprint density at radius 2 is 1.77 bits per heavy atom. The van der Waals surface area contributed by atoms with Gasteiger partial charge in [-0.3, -0.25) is 19.9 Å². The molecule has 2 saturated heterocycles. The van der Waals surface area contributed by atoms with Gasteiger partial charge in [-0.05, 0) is 81.8 Å². The molecule has 10 rings (SSSR count). The number of phenolic OH excluding ortho intramolecular Hbond substituents is 2. The predicted molar refractivity (Wildman–Crippen MR) is 218 cm³/mol. The average molecular weight is 857 g/mol. The monoisotopic (exact) mass is 856 g/mol. The first-order chi connectivity index (χ1) is 29.0. The van der Waals surface area contributed by atoms with Gasteiger partial charge in [0.25, 0.3) is 0 Å². The number of nitrogens with one attached hydrogen (secondary N) is 1. The van der Waals surface area contributed by atoms with Crippen LogP contribution < -0.4 is 29.0 Å². The number of aryl methyl sites for hydroxylation is 1. The first-order valence-electron chi connectivity index (χ1n) is 20.2. The minimum absolute atomic E-state index is 0.0226. The van der Waals surface area contributed by atoms with Crippen molar-refractivity contribution in [2.75, 3.05) is 39.9 Å². The number of thioether (sulfide) groups is 1. The van der Waals surface area contributed by atoms with E-state index < -0.39 is 64.6 Å². The van der Waals surface area contributed by atoms with Crippen LogP contribution in [0.1, 0.15) is 89.5 Å². The van der Waals surface area contributed by atoms with Crippen LogP contribution in [0.4, 0.5) is 4.79 Å². The maximum absolute atomic E-state index is 14.9. The summed E-state index contributed by atoms with van der Waals surface area (Å²) in [6.07, 6.45) is 0.0160. The molecular formula is C44H48N4O12S. The molecule has 4 bridgehead atoms. The summed E-state index contributed by atoms with van der Waals surface area (Å²) < 4.78 is 42.3. The molecule has 7 aliphatic rings. The number of benzene rings is 3. The standard InChI is InChI=1S/C44H48N4O12S/c1-19-11-23-12-25-26(15-45)47-27-16-56-41(52)44(24-14-29(54-7)28(50)13-22(24)9-10-46-44)17-61-40(32-31(27)39-38(57-18-58-39)20(2)37(32)59-21(3)49)34(47)33(30(23)35(51)36(19)55-8)48(25)42(53)60-43(4,5)6/h11,13-14,25-27,33-34,40,46,50-51H,9-10,12,16-18H2,1-8H3/t25-,26+,27-,33-,34?,40-,44-/m1/s1. The van der Waals surface area contributed by atoms with Crippen LogP contribution in [0.15, 0.2) is 18.2 Å². The molecule has 0 aromatic heterocycles. The van der Waals surface area contributed by atoms with Gasteiger partial charge in [-0.2, -0.15) is 5.26 Å². The van der Waals surface area contributed by atoms with Gasteiger partial charge >= 0.3 is 18.0 Å². The van der Waals surface area contributed by atoms with Crippen molar-refractivity contribution in [3.05, 3.63) is 62.7 Å². The largest absolute Gasteiger partial charge is 0.504 e. The molecule has 16 nitrogen and oxygen atoms in total. The second kappa shape index (κ2) is 14.5.